The molecule has 4 heteroatoms. The van der Waals surface area contributed by atoms with Crippen molar-refractivity contribution in [3.05, 3.63) is 33.8 Å². The van der Waals surface area contributed by atoms with E-state index in [9.17, 15) is 8.78 Å². The highest BCUT2D eigenvalue weighted by molar-refractivity contribution is 9.10. The van der Waals surface area contributed by atoms with Crippen LogP contribution in [0.3, 0.4) is 0 Å². The molecule has 2 N–H and O–H groups in total. The minimum Gasteiger partial charge on any atom is -0.330 e. The molecule has 0 atom stereocenters. The zero-order valence-corrected chi connectivity index (χ0v) is 9.07. The van der Waals surface area contributed by atoms with Gasteiger partial charge in [0.2, 0.25) is 0 Å². The largest absolute Gasteiger partial charge is 0.330 e. The quantitative estimate of drug-likeness (QED) is 0.815. The van der Waals surface area contributed by atoms with E-state index in [1.165, 1.54) is 6.07 Å². The van der Waals surface area contributed by atoms with E-state index >= 15 is 0 Å². The van der Waals surface area contributed by atoms with Crippen molar-refractivity contribution in [2.45, 2.75) is 18.3 Å². The standard InChI is InChI=1S/C10H10BrF2N/c11-7-2-1-6(8(12)9(7)13)10(5-14)3-4-10/h1-2H,3-5,14H2. The molecule has 2 rings (SSSR count). The second-order valence-electron chi connectivity index (χ2n) is 3.71. The molecule has 1 fully saturated rings. The molecule has 0 radical (unpaired) electrons. The second-order valence-corrected chi connectivity index (χ2v) is 4.56. The Morgan fingerprint density at radius 1 is 1.29 bits per heavy atom. The molecule has 0 unspecified atom stereocenters. The van der Waals surface area contributed by atoms with Crippen LogP contribution < -0.4 is 5.73 Å². The fraction of sp³-hybridized carbons (Fsp3) is 0.400. The molecule has 0 amide bonds. The predicted molar refractivity (Wildman–Crippen MR) is 54.0 cm³/mol. The summed E-state index contributed by atoms with van der Waals surface area (Å²) in [5.74, 6) is -1.58. The van der Waals surface area contributed by atoms with E-state index < -0.39 is 11.6 Å². The Kier molecular flexibility index (Phi) is 2.35. The van der Waals surface area contributed by atoms with Crippen LogP contribution in [0.4, 0.5) is 8.78 Å². The molecule has 0 spiro atoms. The van der Waals surface area contributed by atoms with Gasteiger partial charge in [-0.1, -0.05) is 6.07 Å². The molecule has 1 aromatic rings. The van der Waals surface area contributed by atoms with Crippen LogP contribution in [0.5, 0.6) is 0 Å². The van der Waals surface area contributed by atoms with Gasteiger partial charge >= 0.3 is 0 Å². The molecule has 76 valence electrons. The van der Waals surface area contributed by atoms with E-state index in [1.54, 1.807) is 6.07 Å². The van der Waals surface area contributed by atoms with E-state index in [-0.39, 0.29) is 9.89 Å². The van der Waals surface area contributed by atoms with Gasteiger partial charge in [0.1, 0.15) is 0 Å². The Morgan fingerprint density at radius 3 is 2.43 bits per heavy atom. The van der Waals surface area contributed by atoms with Crippen molar-refractivity contribution >= 4 is 15.9 Å². The second kappa shape index (κ2) is 3.28. The molecule has 1 aliphatic rings. The molecule has 0 aliphatic heterocycles. The van der Waals surface area contributed by atoms with Gasteiger partial charge < -0.3 is 5.73 Å². The molecule has 0 bridgehead atoms. The van der Waals surface area contributed by atoms with E-state index in [4.69, 9.17) is 5.73 Å². The van der Waals surface area contributed by atoms with Crippen molar-refractivity contribution in [1.29, 1.82) is 0 Å². The Morgan fingerprint density at radius 2 is 1.93 bits per heavy atom. The lowest BCUT2D eigenvalue weighted by atomic mass is 9.95. The minimum atomic E-state index is -0.817. The Labute approximate surface area is 89.4 Å². The molecule has 0 saturated heterocycles. The Bertz CT molecular complexity index is 375. The average Bonchev–Trinajstić information content (AvgIpc) is 2.95. The van der Waals surface area contributed by atoms with Crippen LogP contribution in [0.1, 0.15) is 18.4 Å². The van der Waals surface area contributed by atoms with Crippen LogP contribution in [-0.4, -0.2) is 6.54 Å². The van der Waals surface area contributed by atoms with Gasteiger partial charge in [-0.15, -0.1) is 0 Å². The smallest absolute Gasteiger partial charge is 0.173 e. The van der Waals surface area contributed by atoms with Crippen molar-refractivity contribution < 1.29 is 8.78 Å². The fourth-order valence-corrected chi connectivity index (χ4v) is 1.98. The van der Waals surface area contributed by atoms with Gasteiger partial charge in [0.25, 0.3) is 0 Å². The summed E-state index contributed by atoms with van der Waals surface area (Å²) >= 11 is 2.94. The van der Waals surface area contributed by atoms with Crippen molar-refractivity contribution in [3.8, 4) is 0 Å². The van der Waals surface area contributed by atoms with Crippen molar-refractivity contribution in [1.82, 2.24) is 0 Å². The molecule has 0 heterocycles. The van der Waals surface area contributed by atoms with Gasteiger partial charge in [-0.2, -0.15) is 0 Å². The third-order valence-electron chi connectivity index (χ3n) is 2.85. The molecule has 14 heavy (non-hydrogen) atoms. The molecular weight excluding hydrogens is 252 g/mol. The summed E-state index contributed by atoms with van der Waals surface area (Å²) in [6.07, 6.45) is 1.70. The van der Waals surface area contributed by atoms with Crippen LogP contribution in [0.15, 0.2) is 16.6 Å². The number of hydrogen-bond donors (Lipinski definition) is 1. The molecule has 1 aromatic carbocycles. The average molecular weight is 262 g/mol. The number of hydrogen-bond acceptors (Lipinski definition) is 1. The SMILES string of the molecule is NCC1(c2ccc(Br)c(F)c2F)CC1. The van der Waals surface area contributed by atoms with Crippen molar-refractivity contribution in [2.24, 2.45) is 5.73 Å². The maximum Gasteiger partial charge on any atom is 0.173 e. The van der Waals surface area contributed by atoms with Gasteiger partial charge in [-0.05, 0) is 40.4 Å². The first-order valence-corrected chi connectivity index (χ1v) is 5.24. The lowest BCUT2D eigenvalue weighted by Gasteiger charge is -2.14. The highest BCUT2D eigenvalue weighted by atomic mass is 79.9. The first-order valence-electron chi connectivity index (χ1n) is 4.45. The lowest BCUT2D eigenvalue weighted by Crippen LogP contribution is -2.21. The highest BCUT2D eigenvalue weighted by Gasteiger charge is 2.45. The summed E-state index contributed by atoms with van der Waals surface area (Å²) in [6.45, 7) is 0.380. The van der Waals surface area contributed by atoms with Crippen LogP contribution in [0, 0.1) is 11.6 Å². The normalized spacial score (nSPS) is 18.3. The van der Waals surface area contributed by atoms with Gasteiger partial charge in [0, 0.05) is 12.0 Å². The number of halogens is 3. The van der Waals surface area contributed by atoms with Crippen LogP contribution >= 0.6 is 15.9 Å². The van der Waals surface area contributed by atoms with Gasteiger partial charge in [0.15, 0.2) is 11.6 Å². The van der Waals surface area contributed by atoms with Gasteiger partial charge in [-0.3, -0.25) is 0 Å². The summed E-state index contributed by atoms with van der Waals surface area (Å²) in [5, 5.41) is 0. The van der Waals surface area contributed by atoms with Gasteiger partial charge in [0.05, 0.1) is 4.47 Å². The molecule has 1 aliphatic carbocycles. The third kappa shape index (κ3) is 1.37. The van der Waals surface area contributed by atoms with E-state index in [1.807, 2.05) is 0 Å². The van der Waals surface area contributed by atoms with Gasteiger partial charge in [-0.25, -0.2) is 8.78 Å². The Balaban J connectivity index is 2.50. The fourth-order valence-electron chi connectivity index (χ4n) is 1.67. The summed E-state index contributed by atoms with van der Waals surface area (Å²) in [6, 6.07) is 3.14. The zero-order valence-electron chi connectivity index (χ0n) is 7.49. The van der Waals surface area contributed by atoms with Crippen LogP contribution in [-0.2, 0) is 5.41 Å². The summed E-state index contributed by atoms with van der Waals surface area (Å²) in [7, 11) is 0. The molecule has 0 aromatic heterocycles. The number of nitrogens with two attached hydrogens (primary N) is 1. The van der Waals surface area contributed by atoms with E-state index in [0.29, 0.717) is 12.1 Å². The van der Waals surface area contributed by atoms with Crippen molar-refractivity contribution in [2.75, 3.05) is 6.54 Å². The topological polar surface area (TPSA) is 26.0 Å². The highest BCUT2D eigenvalue weighted by Crippen LogP contribution is 2.48. The molecular formula is C10H10BrF2N. The maximum absolute atomic E-state index is 13.5. The monoisotopic (exact) mass is 261 g/mol. The summed E-state index contributed by atoms with van der Waals surface area (Å²) in [5.41, 5.74) is 5.67. The summed E-state index contributed by atoms with van der Waals surface area (Å²) < 4.78 is 26.9. The van der Waals surface area contributed by atoms with Crippen molar-refractivity contribution in [3.63, 3.8) is 0 Å². The third-order valence-corrected chi connectivity index (χ3v) is 3.46. The first-order chi connectivity index (χ1) is 6.60. The van der Waals surface area contributed by atoms with E-state index in [0.717, 1.165) is 12.8 Å². The maximum atomic E-state index is 13.5. The number of benzene rings is 1. The zero-order chi connectivity index (χ0) is 10.3. The predicted octanol–water partition coefficient (Wildman–Crippen LogP) is 2.72. The first kappa shape index (κ1) is 10.1. The molecule has 1 nitrogen and oxygen atoms in total. The number of rotatable bonds is 2. The van der Waals surface area contributed by atoms with E-state index in [2.05, 4.69) is 15.9 Å². The summed E-state index contributed by atoms with van der Waals surface area (Å²) in [4.78, 5) is 0. The Hall–Kier alpha value is -0.480. The lowest BCUT2D eigenvalue weighted by molar-refractivity contribution is 0.481. The molecule has 1 saturated carbocycles. The minimum absolute atomic E-state index is 0.159. The van der Waals surface area contributed by atoms with Crippen LogP contribution in [0.25, 0.3) is 0 Å². The van der Waals surface area contributed by atoms with Crippen LogP contribution in [0.2, 0.25) is 0 Å².